The van der Waals surface area contributed by atoms with Gasteiger partial charge in [-0.3, -0.25) is 14.5 Å². The summed E-state index contributed by atoms with van der Waals surface area (Å²) in [4.78, 5) is 26.8. The highest BCUT2D eigenvalue weighted by atomic mass is 16.4. The number of hydrogen-bond acceptors (Lipinski definition) is 3. The molecule has 1 fully saturated rings. The van der Waals surface area contributed by atoms with Gasteiger partial charge in [0.05, 0.1) is 12.5 Å². The van der Waals surface area contributed by atoms with E-state index >= 15 is 0 Å². The fourth-order valence-corrected chi connectivity index (χ4v) is 3.00. The Morgan fingerprint density at radius 2 is 1.90 bits per heavy atom. The second-order valence-electron chi connectivity index (χ2n) is 5.57. The van der Waals surface area contributed by atoms with Crippen LogP contribution < -0.4 is 0 Å². The third kappa shape index (κ3) is 3.82. The molecule has 2 atom stereocenters. The van der Waals surface area contributed by atoms with E-state index < -0.39 is 5.97 Å². The molecule has 1 saturated heterocycles. The molecule has 1 amide bonds. The van der Waals surface area contributed by atoms with Gasteiger partial charge in [0.1, 0.15) is 0 Å². The van der Waals surface area contributed by atoms with Crippen molar-refractivity contribution in [2.24, 2.45) is 0 Å². The van der Waals surface area contributed by atoms with Crippen molar-refractivity contribution < 1.29 is 14.7 Å². The lowest BCUT2D eigenvalue weighted by molar-refractivity contribution is -0.144. The Morgan fingerprint density at radius 1 is 1.24 bits per heavy atom. The van der Waals surface area contributed by atoms with Crippen LogP contribution >= 0.6 is 0 Å². The van der Waals surface area contributed by atoms with E-state index in [0.717, 1.165) is 13.1 Å². The molecule has 1 aromatic rings. The third-order valence-corrected chi connectivity index (χ3v) is 4.18. The molecule has 0 spiro atoms. The molecule has 21 heavy (non-hydrogen) atoms. The van der Waals surface area contributed by atoms with Gasteiger partial charge < -0.3 is 10.0 Å². The van der Waals surface area contributed by atoms with Gasteiger partial charge in [-0.2, -0.15) is 0 Å². The molecular weight excluding hydrogens is 268 g/mol. The van der Waals surface area contributed by atoms with Crippen molar-refractivity contribution in [3.05, 3.63) is 35.9 Å². The molecule has 114 valence electrons. The van der Waals surface area contributed by atoms with Gasteiger partial charge in [-0.05, 0) is 12.5 Å². The van der Waals surface area contributed by atoms with Crippen molar-refractivity contribution >= 4 is 11.9 Å². The molecule has 0 unspecified atom stereocenters. The van der Waals surface area contributed by atoms with Crippen molar-refractivity contribution in [2.75, 3.05) is 13.1 Å². The summed E-state index contributed by atoms with van der Waals surface area (Å²) >= 11 is 0. The van der Waals surface area contributed by atoms with E-state index in [4.69, 9.17) is 5.11 Å². The molecule has 1 aromatic carbocycles. The number of benzene rings is 1. The maximum atomic E-state index is 11.7. The van der Waals surface area contributed by atoms with Gasteiger partial charge in [0, 0.05) is 32.6 Å². The molecule has 0 aliphatic carbocycles. The van der Waals surface area contributed by atoms with Crippen LogP contribution in [0.25, 0.3) is 0 Å². The molecule has 5 heteroatoms. The zero-order valence-electron chi connectivity index (χ0n) is 12.5. The van der Waals surface area contributed by atoms with E-state index in [-0.39, 0.29) is 24.4 Å². The molecule has 0 saturated carbocycles. The largest absolute Gasteiger partial charge is 0.481 e. The van der Waals surface area contributed by atoms with Gasteiger partial charge in [-0.15, -0.1) is 0 Å². The maximum Gasteiger partial charge on any atom is 0.305 e. The molecule has 2 rings (SSSR count). The zero-order chi connectivity index (χ0) is 15.4. The number of carboxylic acid groups (broad SMARTS) is 1. The molecule has 1 N–H and O–H groups in total. The number of piperazine rings is 1. The van der Waals surface area contributed by atoms with Crippen molar-refractivity contribution in [3.8, 4) is 0 Å². The molecule has 5 nitrogen and oxygen atoms in total. The Bertz CT molecular complexity index is 504. The number of carbonyl (C=O) groups is 2. The summed E-state index contributed by atoms with van der Waals surface area (Å²) in [6, 6.07) is 9.87. The monoisotopic (exact) mass is 290 g/mol. The highest BCUT2D eigenvalue weighted by Crippen LogP contribution is 2.22. The van der Waals surface area contributed by atoms with E-state index in [9.17, 15) is 9.59 Å². The van der Waals surface area contributed by atoms with Crippen LogP contribution in [0.4, 0.5) is 0 Å². The lowest BCUT2D eigenvalue weighted by atomic mass is 9.98. The first-order chi connectivity index (χ1) is 9.99. The van der Waals surface area contributed by atoms with Crippen LogP contribution in [0.1, 0.15) is 25.8 Å². The summed E-state index contributed by atoms with van der Waals surface area (Å²) < 4.78 is 0. The number of carboxylic acids is 1. The highest BCUT2D eigenvalue weighted by Gasteiger charge is 2.36. The lowest BCUT2D eigenvalue weighted by Crippen LogP contribution is -2.59. The Hall–Kier alpha value is -1.88. The van der Waals surface area contributed by atoms with E-state index in [0.29, 0.717) is 6.54 Å². The number of rotatable bonds is 4. The SMILES string of the molecule is CC(=O)N1CCN(Cc2ccccc2)[C@@H](C)[C@H]1CC(=O)O. The number of nitrogens with zero attached hydrogens (tertiary/aromatic N) is 2. The summed E-state index contributed by atoms with van der Waals surface area (Å²) in [7, 11) is 0. The van der Waals surface area contributed by atoms with E-state index in [1.807, 2.05) is 25.1 Å². The predicted molar refractivity (Wildman–Crippen MR) is 79.7 cm³/mol. The summed E-state index contributed by atoms with van der Waals surface area (Å²) in [6.45, 7) is 5.65. The Labute approximate surface area is 125 Å². The Morgan fingerprint density at radius 3 is 2.48 bits per heavy atom. The van der Waals surface area contributed by atoms with Gasteiger partial charge >= 0.3 is 5.97 Å². The average Bonchev–Trinajstić information content (AvgIpc) is 2.43. The Balaban J connectivity index is 2.12. The minimum atomic E-state index is -0.861. The molecule has 1 aliphatic rings. The summed E-state index contributed by atoms with van der Waals surface area (Å²) in [6.07, 6.45) is -0.00790. The van der Waals surface area contributed by atoms with Crippen LogP contribution in [-0.2, 0) is 16.1 Å². The van der Waals surface area contributed by atoms with Crippen LogP contribution in [0.3, 0.4) is 0 Å². The van der Waals surface area contributed by atoms with Gasteiger partial charge in [-0.1, -0.05) is 30.3 Å². The van der Waals surface area contributed by atoms with Crippen LogP contribution in [0, 0.1) is 0 Å². The quantitative estimate of drug-likeness (QED) is 0.914. The van der Waals surface area contributed by atoms with Crippen molar-refractivity contribution in [2.45, 2.75) is 38.9 Å². The molecule has 0 bridgehead atoms. The standard InChI is InChI=1S/C16H22N2O3/c1-12-15(10-16(20)21)18(13(2)19)9-8-17(12)11-14-6-4-3-5-7-14/h3-7,12,15H,8-11H2,1-2H3,(H,20,21)/t12-,15+/m0/s1. The number of amides is 1. The van der Waals surface area contributed by atoms with Crippen LogP contribution in [0.2, 0.25) is 0 Å². The number of carbonyl (C=O) groups excluding carboxylic acids is 1. The van der Waals surface area contributed by atoms with Crippen LogP contribution in [0.5, 0.6) is 0 Å². The van der Waals surface area contributed by atoms with Gasteiger partial charge in [0.2, 0.25) is 5.91 Å². The Kier molecular flexibility index (Phi) is 4.96. The van der Waals surface area contributed by atoms with Crippen molar-refractivity contribution in [3.63, 3.8) is 0 Å². The zero-order valence-corrected chi connectivity index (χ0v) is 12.5. The summed E-state index contributed by atoms with van der Waals surface area (Å²) in [5.74, 6) is -0.910. The van der Waals surface area contributed by atoms with E-state index in [1.165, 1.54) is 12.5 Å². The lowest BCUT2D eigenvalue weighted by Gasteiger charge is -2.45. The summed E-state index contributed by atoms with van der Waals surface area (Å²) in [5.41, 5.74) is 1.20. The van der Waals surface area contributed by atoms with Crippen LogP contribution in [0.15, 0.2) is 30.3 Å². The molecular formula is C16H22N2O3. The van der Waals surface area contributed by atoms with Crippen molar-refractivity contribution in [1.29, 1.82) is 0 Å². The average molecular weight is 290 g/mol. The second kappa shape index (κ2) is 6.72. The molecule has 1 heterocycles. The molecule has 1 aliphatic heterocycles. The van der Waals surface area contributed by atoms with Crippen LogP contribution in [-0.4, -0.2) is 52.0 Å². The predicted octanol–water partition coefficient (Wildman–Crippen LogP) is 1.58. The fraction of sp³-hybridized carbons (Fsp3) is 0.500. The number of hydrogen-bond donors (Lipinski definition) is 1. The highest BCUT2D eigenvalue weighted by molar-refractivity contribution is 5.75. The van der Waals surface area contributed by atoms with E-state index in [1.54, 1.807) is 4.90 Å². The van der Waals surface area contributed by atoms with E-state index in [2.05, 4.69) is 17.0 Å². The third-order valence-electron chi connectivity index (χ3n) is 4.18. The molecule has 0 aromatic heterocycles. The first-order valence-corrected chi connectivity index (χ1v) is 7.26. The minimum Gasteiger partial charge on any atom is -0.481 e. The van der Waals surface area contributed by atoms with Gasteiger partial charge in [0.25, 0.3) is 0 Å². The number of aliphatic carboxylic acids is 1. The first-order valence-electron chi connectivity index (χ1n) is 7.26. The molecule has 0 radical (unpaired) electrons. The summed E-state index contributed by atoms with van der Waals surface area (Å²) in [5, 5.41) is 9.10. The smallest absolute Gasteiger partial charge is 0.305 e. The second-order valence-corrected chi connectivity index (χ2v) is 5.57. The van der Waals surface area contributed by atoms with Gasteiger partial charge in [0.15, 0.2) is 0 Å². The van der Waals surface area contributed by atoms with Crippen molar-refractivity contribution in [1.82, 2.24) is 9.80 Å². The van der Waals surface area contributed by atoms with Gasteiger partial charge in [-0.25, -0.2) is 0 Å². The first kappa shape index (κ1) is 15.5. The maximum absolute atomic E-state index is 11.7. The topological polar surface area (TPSA) is 60.9 Å². The minimum absolute atomic E-state index is 0.00790. The fourth-order valence-electron chi connectivity index (χ4n) is 3.00. The normalized spacial score (nSPS) is 23.0.